The van der Waals surface area contributed by atoms with Crippen molar-refractivity contribution in [1.82, 2.24) is 4.98 Å². The Hall–Kier alpha value is -2.05. The van der Waals surface area contributed by atoms with Crippen LogP contribution in [-0.4, -0.2) is 4.98 Å². The fourth-order valence-corrected chi connectivity index (χ4v) is 1.45. The Labute approximate surface area is 104 Å². The molecule has 0 spiro atoms. The highest BCUT2D eigenvalue weighted by molar-refractivity contribution is 6.29. The van der Waals surface area contributed by atoms with E-state index in [2.05, 4.69) is 11.1 Å². The van der Waals surface area contributed by atoms with Crippen molar-refractivity contribution >= 4 is 11.6 Å². The Morgan fingerprint density at radius 2 is 2.06 bits per heavy atom. The number of halogens is 1. The molecule has 0 aliphatic heterocycles. The van der Waals surface area contributed by atoms with E-state index in [1.54, 1.807) is 30.5 Å². The molecule has 1 heterocycles. The number of ether oxygens (including phenoxy) is 1. The maximum absolute atomic E-state index is 8.89. The molecule has 0 amide bonds. The smallest absolute Gasteiger partial charge is 0.137 e. The molecule has 0 saturated heterocycles. The third-order valence-corrected chi connectivity index (χ3v) is 2.41. The molecule has 1 aromatic heterocycles. The van der Waals surface area contributed by atoms with Gasteiger partial charge in [0, 0.05) is 11.8 Å². The van der Waals surface area contributed by atoms with Gasteiger partial charge in [-0.25, -0.2) is 4.98 Å². The number of hydrogen-bond donors (Lipinski definition) is 0. The molecule has 3 nitrogen and oxygen atoms in total. The van der Waals surface area contributed by atoms with Crippen molar-refractivity contribution in [2.24, 2.45) is 0 Å². The first-order chi connectivity index (χ1) is 8.29. The Balaban J connectivity index is 2.08. The van der Waals surface area contributed by atoms with Crippen LogP contribution in [0.15, 0.2) is 42.6 Å². The predicted molar refractivity (Wildman–Crippen MR) is 64.7 cm³/mol. The van der Waals surface area contributed by atoms with Gasteiger partial charge >= 0.3 is 0 Å². The fraction of sp³-hybridized carbons (Fsp3) is 0.0769. The van der Waals surface area contributed by atoms with E-state index >= 15 is 0 Å². The summed E-state index contributed by atoms with van der Waals surface area (Å²) in [4.78, 5) is 3.95. The third kappa shape index (κ3) is 2.96. The van der Waals surface area contributed by atoms with E-state index in [0.717, 1.165) is 5.56 Å². The van der Waals surface area contributed by atoms with Crippen molar-refractivity contribution < 1.29 is 4.74 Å². The quantitative estimate of drug-likeness (QED) is 0.779. The normalized spacial score (nSPS) is 9.65. The van der Waals surface area contributed by atoms with Gasteiger partial charge in [-0.2, -0.15) is 5.26 Å². The van der Waals surface area contributed by atoms with E-state index in [1.165, 1.54) is 0 Å². The second-order valence-corrected chi connectivity index (χ2v) is 3.77. The number of aromatic nitrogens is 1. The number of pyridine rings is 1. The molecule has 0 aliphatic carbocycles. The average Bonchev–Trinajstić information content (AvgIpc) is 2.38. The minimum absolute atomic E-state index is 0.364. The second-order valence-electron chi connectivity index (χ2n) is 3.39. The molecule has 0 unspecified atom stereocenters. The summed E-state index contributed by atoms with van der Waals surface area (Å²) in [5, 5.41) is 9.34. The van der Waals surface area contributed by atoms with Gasteiger partial charge in [0.2, 0.25) is 0 Å². The predicted octanol–water partition coefficient (Wildman–Crippen LogP) is 3.19. The number of para-hydroxylation sites is 1. The van der Waals surface area contributed by atoms with Gasteiger partial charge in [-0.1, -0.05) is 29.8 Å². The molecule has 84 valence electrons. The molecule has 0 bridgehead atoms. The topological polar surface area (TPSA) is 45.9 Å². The Kier molecular flexibility index (Phi) is 3.59. The zero-order valence-electron chi connectivity index (χ0n) is 8.93. The summed E-state index contributed by atoms with van der Waals surface area (Å²) < 4.78 is 5.55. The van der Waals surface area contributed by atoms with Crippen LogP contribution < -0.4 is 4.74 Å². The molecule has 1 aromatic carbocycles. The minimum Gasteiger partial charge on any atom is -0.487 e. The van der Waals surface area contributed by atoms with Gasteiger partial charge < -0.3 is 4.74 Å². The molecule has 2 rings (SSSR count). The van der Waals surface area contributed by atoms with Crippen molar-refractivity contribution in [2.45, 2.75) is 6.61 Å². The molecule has 4 heteroatoms. The summed E-state index contributed by atoms with van der Waals surface area (Å²) in [6.45, 7) is 0.364. The summed E-state index contributed by atoms with van der Waals surface area (Å²) in [5.41, 5.74) is 1.43. The molecule has 0 fully saturated rings. The summed E-state index contributed by atoms with van der Waals surface area (Å²) in [5.74, 6) is 0.574. The van der Waals surface area contributed by atoms with Crippen molar-refractivity contribution in [3.63, 3.8) is 0 Å². The number of nitrogens with zero attached hydrogens (tertiary/aromatic N) is 2. The van der Waals surface area contributed by atoms with E-state index in [-0.39, 0.29) is 0 Å². The lowest BCUT2D eigenvalue weighted by Crippen LogP contribution is -1.97. The van der Waals surface area contributed by atoms with Gasteiger partial charge in [-0.3, -0.25) is 0 Å². The van der Waals surface area contributed by atoms with E-state index < -0.39 is 0 Å². The van der Waals surface area contributed by atoms with Crippen LogP contribution in [0.5, 0.6) is 5.75 Å². The second kappa shape index (κ2) is 5.33. The molecular formula is C13H9ClN2O. The van der Waals surface area contributed by atoms with Crippen molar-refractivity contribution in [1.29, 1.82) is 5.26 Å². The standard InChI is InChI=1S/C13H9ClN2O/c14-13-6-5-10(8-16-13)9-17-12-4-2-1-3-11(12)7-15/h1-6,8H,9H2. The fourth-order valence-electron chi connectivity index (χ4n) is 1.34. The lowest BCUT2D eigenvalue weighted by atomic mass is 10.2. The van der Waals surface area contributed by atoms with E-state index in [1.807, 2.05) is 12.1 Å². The maximum atomic E-state index is 8.89. The highest BCUT2D eigenvalue weighted by Gasteiger charge is 2.02. The number of benzene rings is 1. The van der Waals surface area contributed by atoms with Crippen LogP contribution in [0, 0.1) is 11.3 Å². The summed E-state index contributed by atoms with van der Waals surface area (Å²) >= 11 is 5.68. The first kappa shape index (κ1) is 11.4. The first-order valence-electron chi connectivity index (χ1n) is 5.02. The highest BCUT2D eigenvalue weighted by atomic mass is 35.5. The van der Waals surface area contributed by atoms with E-state index in [9.17, 15) is 0 Å². The third-order valence-electron chi connectivity index (χ3n) is 2.19. The molecular weight excluding hydrogens is 236 g/mol. The van der Waals surface area contributed by atoms with Crippen molar-refractivity contribution in [2.75, 3.05) is 0 Å². The van der Waals surface area contributed by atoms with Gasteiger partial charge in [-0.05, 0) is 18.2 Å². The van der Waals surface area contributed by atoms with Crippen LogP contribution in [0.3, 0.4) is 0 Å². The SMILES string of the molecule is N#Cc1ccccc1OCc1ccc(Cl)nc1. The molecule has 0 atom stereocenters. The van der Waals surface area contributed by atoms with Gasteiger partial charge in [0.25, 0.3) is 0 Å². The van der Waals surface area contributed by atoms with Gasteiger partial charge in [0.15, 0.2) is 0 Å². The molecule has 0 N–H and O–H groups in total. The first-order valence-corrected chi connectivity index (χ1v) is 5.40. The lowest BCUT2D eigenvalue weighted by molar-refractivity contribution is 0.305. The summed E-state index contributed by atoms with van der Waals surface area (Å²) in [6.07, 6.45) is 1.65. The number of hydrogen-bond acceptors (Lipinski definition) is 3. The molecule has 0 saturated carbocycles. The van der Waals surface area contributed by atoms with Crippen LogP contribution in [0.1, 0.15) is 11.1 Å². The zero-order valence-corrected chi connectivity index (χ0v) is 9.69. The van der Waals surface area contributed by atoms with Gasteiger partial charge in [-0.15, -0.1) is 0 Å². The monoisotopic (exact) mass is 244 g/mol. The van der Waals surface area contributed by atoms with Crippen molar-refractivity contribution in [3.8, 4) is 11.8 Å². The average molecular weight is 245 g/mol. The Morgan fingerprint density at radius 3 is 2.76 bits per heavy atom. The maximum Gasteiger partial charge on any atom is 0.137 e. The van der Waals surface area contributed by atoms with Crippen LogP contribution in [-0.2, 0) is 6.61 Å². The Morgan fingerprint density at radius 1 is 1.24 bits per heavy atom. The molecule has 0 radical (unpaired) electrons. The highest BCUT2D eigenvalue weighted by Crippen LogP contribution is 2.18. The number of nitriles is 1. The molecule has 2 aromatic rings. The molecule has 0 aliphatic rings. The van der Waals surface area contributed by atoms with Gasteiger partial charge in [0.1, 0.15) is 23.6 Å². The minimum atomic E-state index is 0.364. The lowest BCUT2D eigenvalue weighted by Gasteiger charge is -2.07. The largest absolute Gasteiger partial charge is 0.487 e. The zero-order chi connectivity index (χ0) is 12.1. The van der Waals surface area contributed by atoms with Crippen LogP contribution in [0.4, 0.5) is 0 Å². The molecule has 17 heavy (non-hydrogen) atoms. The Bertz CT molecular complexity index is 546. The van der Waals surface area contributed by atoms with E-state index in [4.69, 9.17) is 21.6 Å². The van der Waals surface area contributed by atoms with Crippen LogP contribution >= 0.6 is 11.6 Å². The van der Waals surface area contributed by atoms with Crippen LogP contribution in [0.2, 0.25) is 5.15 Å². The van der Waals surface area contributed by atoms with E-state index in [0.29, 0.717) is 23.1 Å². The van der Waals surface area contributed by atoms with Gasteiger partial charge in [0.05, 0.1) is 5.56 Å². The summed E-state index contributed by atoms with van der Waals surface area (Å²) in [7, 11) is 0. The van der Waals surface area contributed by atoms with Crippen molar-refractivity contribution in [3.05, 3.63) is 58.9 Å². The number of rotatable bonds is 3. The van der Waals surface area contributed by atoms with Crippen LogP contribution in [0.25, 0.3) is 0 Å². The summed E-state index contributed by atoms with van der Waals surface area (Å²) in [6, 6.07) is 12.7.